The van der Waals surface area contributed by atoms with Gasteiger partial charge in [-0.1, -0.05) is 29.8 Å². The Morgan fingerprint density at radius 2 is 1.83 bits per heavy atom. The second kappa shape index (κ2) is 9.02. The molecule has 0 radical (unpaired) electrons. The Balaban J connectivity index is 1.91. The maximum absolute atomic E-state index is 13.5. The van der Waals surface area contributed by atoms with Gasteiger partial charge in [-0.3, -0.25) is 16.1 Å². The number of hydroxylamine groups is 1. The van der Waals surface area contributed by atoms with Crippen molar-refractivity contribution in [1.29, 1.82) is 5.41 Å². The van der Waals surface area contributed by atoms with Crippen molar-refractivity contribution in [2.45, 2.75) is 56.0 Å². The number of nitrogens with zero attached hydrogens (tertiary/aromatic N) is 1. The molecule has 1 saturated heterocycles. The summed E-state index contributed by atoms with van der Waals surface area (Å²) in [6, 6.07) is 12.2. The van der Waals surface area contributed by atoms with Crippen LogP contribution in [0.15, 0.2) is 53.4 Å². The van der Waals surface area contributed by atoms with Crippen LogP contribution in [0.3, 0.4) is 0 Å². The molecule has 0 saturated carbocycles. The molecule has 8 heteroatoms. The van der Waals surface area contributed by atoms with Crippen LogP contribution in [-0.2, 0) is 10.0 Å². The molecule has 156 valence electrons. The number of hydrogen-bond donors (Lipinski definition) is 3. The summed E-state index contributed by atoms with van der Waals surface area (Å²) in [4.78, 5) is 0.242. The van der Waals surface area contributed by atoms with Gasteiger partial charge < -0.3 is 0 Å². The average Bonchev–Trinajstić information content (AvgIpc) is 3.13. The van der Waals surface area contributed by atoms with E-state index in [9.17, 15) is 12.8 Å². The van der Waals surface area contributed by atoms with E-state index < -0.39 is 10.0 Å². The molecule has 0 aliphatic carbocycles. The van der Waals surface area contributed by atoms with Crippen molar-refractivity contribution in [3.63, 3.8) is 0 Å². The van der Waals surface area contributed by atoms with E-state index in [2.05, 4.69) is 0 Å². The number of rotatable bonds is 7. The van der Waals surface area contributed by atoms with Crippen LogP contribution in [-0.4, -0.2) is 29.8 Å². The lowest BCUT2D eigenvalue weighted by Crippen LogP contribution is -2.37. The minimum absolute atomic E-state index is 0.00558. The Hall–Kier alpha value is -2.29. The normalized spacial score (nSPS) is 20.0. The van der Waals surface area contributed by atoms with Crippen molar-refractivity contribution in [2.24, 2.45) is 0 Å². The maximum atomic E-state index is 13.5. The van der Waals surface area contributed by atoms with E-state index in [0.29, 0.717) is 32.1 Å². The fourth-order valence-corrected chi connectivity index (χ4v) is 5.78. The van der Waals surface area contributed by atoms with Crippen LogP contribution >= 0.6 is 0 Å². The minimum Gasteiger partial charge on any atom is -0.290 e. The quantitative estimate of drug-likeness (QED) is 0.357. The molecule has 0 spiro atoms. The van der Waals surface area contributed by atoms with Crippen molar-refractivity contribution >= 4 is 15.9 Å². The first-order chi connectivity index (χ1) is 13.8. The predicted octanol–water partition coefficient (Wildman–Crippen LogP) is 4.15. The van der Waals surface area contributed by atoms with Crippen LogP contribution in [0, 0.1) is 18.2 Å². The molecule has 6 nitrogen and oxygen atoms in total. The molecule has 1 aliphatic heterocycles. The molecule has 1 fully saturated rings. The number of aryl methyl sites for hydroxylation is 1. The van der Waals surface area contributed by atoms with Crippen molar-refractivity contribution in [2.75, 3.05) is 0 Å². The topological polar surface area (TPSA) is 93.5 Å². The monoisotopic (exact) mass is 419 g/mol. The van der Waals surface area contributed by atoms with Crippen LogP contribution in [0.25, 0.3) is 0 Å². The summed E-state index contributed by atoms with van der Waals surface area (Å²) in [5.41, 5.74) is 3.57. The van der Waals surface area contributed by atoms with Crippen LogP contribution in [0.5, 0.6) is 0 Å². The molecule has 3 N–H and O–H groups in total. The Morgan fingerprint density at radius 1 is 1.17 bits per heavy atom. The molecule has 1 heterocycles. The first-order valence-corrected chi connectivity index (χ1v) is 11.1. The lowest BCUT2D eigenvalue weighted by molar-refractivity contribution is 0.229. The zero-order valence-corrected chi connectivity index (χ0v) is 17.1. The van der Waals surface area contributed by atoms with Crippen LogP contribution in [0.1, 0.15) is 49.3 Å². The van der Waals surface area contributed by atoms with Gasteiger partial charge in [0, 0.05) is 12.5 Å². The second-order valence-electron chi connectivity index (χ2n) is 7.43. The third kappa shape index (κ3) is 4.83. The smallest absolute Gasteiger partial charge is 0.243 e. The minimum atomic E-state index is -3.75. The van der Waals surface area contributed by atoms with Crippen molar-refractivity contribution in [3.05, 3.63) is 65.5 Å². The summed E-state index contributed by atoms with van der Waals surface area (Å²) in [6.07, 6.45) is 2.83. The molecule has 1 aliphatic rings. The van der Waals surface area contributed by atoms with Crippen LogP contribution in [0.4, 0.5) is 4.39 Å². The predicted molar refractivity (Wildman–Crippen MR) is 109 cm³/mol. The SMILES string of the molecule is Cc1ccc(S(=O)(=O)N2C(CCCC(=N)NO)CCC2c2ccc(F)cc2)cc1. The summed E-state index contributed by atoms with van der Waals surface area (Å²) < 4.78 is 42.0. The Kier molecular flexibility index (Phi) is 6.66. The number of halogens is 1. The Bertz CT molecular complexity index is 946. The lowest BCUT2D eigenvalue weighted by Gasteiger charge is -2.30. The van der Waals surface area contributed by atoms with E-state index in [4.69, 9.17) is 10.6 Å². The van der Waals surface area contributed by atoms with E-state index in [0.717, 1.165) is 11.1 Å². The third-order valence-electron chi connectivity index (χ3n) is 5.39. The zero-order chi connectivity index (χ0) is 21.0. The van der Waals surface area contributed by atoms with Gasteiger partial charge >= 0.3 is 0 Å². The number of benzene rings is 2. The highest BCUT2D eigenvalue weighted by Crippen LogP contribution is 2.42. The molecule has 0 amide bonds. The third-order valence-corrected chi connectivity index (χ3v) is 7.37. The van der Waals surface area contributed by atoms with Gasteiger partial charge in [-0.05, 0) is 62.4 Å². The molecular formula is C21H26FN3O3S. The molecule has 0 aromatic heterocycles. The molecule has 3 rings (SSSR count). The zero-order valence-electron chi connectivity index (χ0n) is 16.3. The molecule has 29 heavy (non-hydrogen) atoms. The first kappa shape index (κ1) is 21.4. The molecule has 2 aromatic rings. The van der Waals surface area contributed by atoms with Gasteiger partial charge in [-0.15, -0.1) is 0 Å². The van der Waals surface area contributed by atoms with Crippen molar-refractivity contribution in [3.8, 4) is 0 Å². The number of amidine groups is 1. The second-order valence-corrected chi connectivity index (χ2v) is 9.27. The highest BCUT2D eigenvalue weighted by Gasteiger charge is 2.42. The molecule has 2 unspecified atom stereocenters. The molecular weight excluding hydrogens is 393 g/mol. The average molecular weight is 420 g/mol. The highest BCUT2D eigenvalue weighted by molar-refractivity contribution is 7.89. The van der Waals surface area contributed by atoms with Crippen molar-refractivity contribution < 1.29 is 18.0 Å². The van der Waals surface area contributed by atoms with E-state index in [-0.39, 0.29) is 28.6 Å². The molecule has 0 bridgehead atoms. The lowest BCUT2D eigenvalue weighted by atomic mass is 10.0. The summed E-state index contributed by atoms with van der Waals surface area (Å²) in [6.45, 7) is 1.90. The van der Waals surface area contributed by atoms with Crippen LogP contribution in [0.2, 0.25) is 0 Å². The summed E-state index contributed by atoms with van der Waals surface area (Å²) >= 11 is 0. The largest absolute Gasteiger partial charge is 0.290 e. The van der Waals surface area contributed by atoms with E-state index in [1.54, 1.807) is 40.7 Å². The van der Waals surface area contributed by atoms with Gasteiger partial charge in [0.15, 0.2) is 0 Å². The summed E-state index contributed by atoms with van der Waals surface area (Å²) in [5.74, 6) is -0.350. The van der Waals surface area contributed by atoms with Gasteiger partial charge in [-0.2, -0.15) is 4.31 Å². The van der Waals surface area contributed by atoms with Crippen molar-refractivity contribution in [1.82, 2.24) is 9.79 Å². The fourth-order valence-electron chi connectivity index (χ4n) is 3.90. The number of sulfonamides is 1. The Morgan fingerprint density at radius 3 is 2.45 bits per heavy atom. The fraction of sp³-hybridized carbons (Fsp3) is 0.381. The standard InChI is InChI=1S/C21H26FN3O3S/c1-15-5-12-19(13-6-15)29(27,28)25-18(3-2-4-21(23)24-26)11-14-20(25)16-7-9-17(22)10-8-16/h5-10,12-13,18,20,26H,2-4,11,14H2,1H3,(H2,23,24). The van der Waals surface area contributed by atoms with Gasteiger partial charge in [0.2, 0.25) is 10.0 Å². The summed E-state index contributed by atoms with van der Waals surface area (Å²) in [7, 11) is -3.75. The number of hydrogen-bond acceptors (Lipinski definition) is 4. The van der Waals surface area contributed by atoms with Gasteiger partial charge in [-0.25, -0.2) is 12.8 Å². The van der Waals surface area contributed by atoms with Gasteiger partial charge in [0.25, 0.3) is 0 Å². The maximum Gasteiger partial charge on any atom is 0.243 e. The Labute approximate surface area is 170 Å². The van der Waals surface area contributed by atoms with E-state index in [1.807, 2.05) is 12.4 Å². The van der Waals surface area contributed by atoms with E-state index in [1.165, 1.54) is 12.1 Å². The first-order valence-electron chi connectivity index (χ1n) is 9.66. The molecule has 2 aromatic carbocycles. The van der Waals surface area contributed by atoms with E-state index >= 15 is 0 Å². The van der Waals surface area contributed by atoms with Crippen LogP contribution < -0.4 is 5.48 Å². The highest BCUT2D eigenvalue weighted by atomic mass is 32.2. The van der Waals surface area contributed by atoms with Gasteiger partial charge in [0.05, 0.1) is 10.9 Å². The van der Waals surface area contributed by atoms with Gasteiger partial charge in [0.1, 0.15) is 11.7 Å². The summed E-state index contributed by atoms with van der Waals surface area (Å²) in [5, 5.41) is 16.3. The number of nitrogens with one attached hydrogen (secondary N) is 2. The molecule has 2 atom stereocenters.